The molecule has 0 atom stereocenters. The summed E-state index contributed by atoms with van der Waals surface area (Å²) >= 11 is 6.01. The minimum absolute atomic E-state index is 0.104. The Kier molecular flexibility index (Phi) is 4.69. The maximum absolute atomic E-state index is 10.5. The van der Waals surface area contributed by atoms with Crippen LogP contribution in [-0.4, -0.2) is 22.7 Å². The fourth-order valence-corrected chi connectivity index (χ4v) is 3.05. The molecule has 5 nitrogen and oxygen atoms in total. The van der Waals surface area contributed by atoms with Crippen LogP contribution in [0.2, 0.25) is 5.02 Å². The zero-order chi connectivity index (χ0) is 18.8. The first kappa shape index (κ1) is 17.4. The number of carbonyl (C=O) groups is 1. The molecule has 1 aromatic heterocycles. The van der Waals surface area contributed by atoms with E-state index in [1.165, 1.54) is 0 Å². The Morgan fingerprint density at radius 3 is 2.74 bits per heavy atom. The van der Waals surface area contributed by atoms with Crippen molar-refractivity contribution in [2.45, 2.75) is 12.8 Å². The number of nitrogens with zero attached hydrogens (tertiary/aromatic N) is 1. The lowest BCUT2D eigenvalue weighted by Gasteiger charge is -2.07. The standard InChI is InChI=1S/C21H16ClNO4/c22-16-6-8-19-18(12-16)23-21(27-19)15-4-3-14-11-17(7-5-13(14)10-15)26-9-1-2-20(24)25/h3-8,10-12H,1-2,9H2,(H,24,25). The molecule has 0 saturated heterocycles. The van der Waals surface area contributed by atoms with Crippen molar-refractivity contribution in [3.05, 3.63) is 59.6 Å². The number of aliphatic carboxylic acids is 1. The minimum Gasteiger partial charge on any atom is -0.494 e. The summed E-state index contributed by atoms with van der Waals surface area (Å²) in [4.78, 5) is 15.0. The summed E-state index contributed by atoms with van der Waals surface area (Å²) in [6.45, 7) is 0.376. The van der Waals surface area contributed by atoms with E-state index < -0.39 is 5.97 Å². The van der Waals surface area contributed by atoms with Crippen LogP contribution in [-0.2, 0) is 4.79 Å². The molecule has 0 aliphatic rings. The topological polar surface area (TPSA) is 72.6 Å². The zero-order valence-corrected chi connectivity index (χ0v) is 15.1. The lowest BCUT2D eigenvalue weighted by Crippen LogP contribution is -2.01. The van der Waals surface area contributed by atoms with Crippen molar-refractivity contribution < 1.29 is 19.1 Å². The summed E-state index contributed by atoms with van der Waals surface area (Å²) in [6, 6.07) is 17.1. The molecule has 4 aromatic rings. The van der Waals surface area contributed by atoms with E-state index in [1.54, 1.807) is 12.1 Å². The number of benzene rings is 3. The number of aromatic nitrogens is 1. The average molecular weight is 382 g/mol. The van der Waals surface area contributed by atoms with Crippen molar-refractivity contribution in [3.63, 3.8) is 0 Å². The van der Waals surface area contributed by atoms with E-state index in [2.05, 4.69) is 4.98 Å². The van der Waals surface area contributed by atoms with Crippen LogP contribution in [0.4, 0.5) is 0 Å². The Bertz CT molecular complexity index is 1140. The summed E-state index contributed by atoms with van der Waals surface area (Å²) in [7, 11) is 0. The molecule has 136 valence electrons. The average Bonchev–Trinajstić information content (AvgIpc) is 3.07. The Morgan fingerprint density at radius 2 is 1.89 bits per heavy atom. The van der Waals surface area contributed by atoms with Gasteiger partial charge in [0.25, 0.3) is 0 Å². The Labute approximate surface area is 160 Å². The number of ether oxygens (including phenoxy) is 1. The van der Waals surface area contributed by atoms with Gasteiger partial charge in [-0.3, -0.25) is 4.79 Å². The van der Waals surface area contributed by atoms with Crippen LogP contribution in [0.5, 0.6) is 5.75 Å². The van der Waals surface area contributed by atoms with Gasteiger partial charge in [0, 0.05) is 17.0 Å². The van der Waals surface area contributed by atoms with Gasteiger partial charge in [0.2, 0.25) is 5.89 Å². The first-order chi connectivity index (χ1) is 13.1. The number of oxazole rings is 1. The van der Waals surface area contributed by atoms with Gasteiger partial charge in [-0.15, -0.1) is 0 Å². The number of carboxylic acid groups (broad SMARTS) is 1. The Hall–Kier alpha value is -3.05. The number of carboxylic acids is 1. The minimum atomic E-state index is -0.814. The Morgan fingerprint density at radius 1 is 1.07 bits per heavy atom. The number of fused-ring (bicyclic) bond motifs is 2. The molecule has 0 radical (unpaired) electrons. The maximum atomic E-state index is 10.5. The van der Waals surface area contributed by atoms with Crippen molar-refractivity contribution in [2.24, 2.45) is 0 Å². The molecule has 0 amide bonds. The summed E-state index contributed by atoms with van der Waals surface area (Å²) in [6.07, 6.45) is 0.584. The van der Waals surface area contributed by atoms with Crippen molar-refractivity contribution >= 4 is 39.4 Å². The molecule has 4 rings (SSSR count). The second kappa shape index (κ2) is 7.29. The van der Waals surface area contributed by atoms with E-state index in [-0.39, 0.29) is 6.42 Å². The molecule has 0 unspecified atom stereocenters. The third-order valence-corrected chi connectivity index (χ3v) is 4.45. The van der Waals surface area contributed by atoms with Gasteiger partial charge in [-0.05, 0) is 59.7 Å². The fourth-order valence-electron chi connectivity index (χ4n) is 2.88. The molecule has 0 bridgehead atoms. The van der Waals surface area contributed by atoms with E-state index in [9.17, 15) is 4.79 Å². The molecule has 6 heteroatoms. The van der Waals surface area contributed by atoms with E-state index in [4.69, 9.17) is 25.9 Å². The predicted octanol–water partition coefficient (Wildman–Crippen LogP) is 5.55. The van der Waals surface area contributed by atoms with Crippen molar-refractivity contribution in [2.75, 3.05) is 6.61 Å². The van der Waals surface area contributed by atoms with Gasteiger partial charge < -0.3 is 14.3 Å². The monoisotopic (exact) mass is 381 g/mol. The number of halogens is 1. The normalized spacial score (nSPS) is 11.1. The van der Waals surface area contributed by atoms with Gasteiger partial charge in [-0.25, -0.2) is 4.98 Å². The Balaban J connectivity index is 1.56. The molecule has 1 heterocycles. The van der Waals surface area contributed by atoms with Gasteiger partial charge >= 0.3 is 5.97 Å². The zero-order valence-electron chi connectivity index (χ0n) is 14.3. The molecule has 3 aromatic carbocycles. The predicted molar refractivity (Wildman–Crippen MR) is 104 cm³/mol. The smallest absolute Gasteiger partial charge is 0.303 e. The third kappa shape index (κ3) is 3.88. The number of hydrogen-bond donors (Lipinski definition) is 1. The molecular formula is C21H16ClNO4. The van der Waals surface area contributed by atoms with Gasteiger partial charge in [-0.2, -0.15) is 0 Å². The highest BCUT2D eigenvalue weighted by molar-refractivity contribution is 6.31. The van der Waals surface area contributed by atoms with Crippen LogP contribution >= 0.6 is 11.6 Å². The molecule has 0 aliphatic heterocycles. The van der Waals surface area contributed by atoms with Crippen LogP contribution in [0, 0.1) is 0 Å². The first-order valence-electron chi connectivity index (χ1n) is 8.53. The third-order valence-electron chi connectivity index (χ3n) is 4.21. The summed E-state index contributed by atoms with van der Waals surface area (Å²) < 4.78 is 11.4. The maximum Gasteiger partial charge on any atom is 0.303 e. The van der Waals surface area contributed by atoms with Crippen LogP contribution in [0.15, 0.2) is 59.0 Å². The highest BCUT2D eigenvalue weighted by Gasteiger charge is 2.10. The highest BCUT2D eigenvalue weighted by atomic mass is 35.5. The van der Waals surface area contributed by atoms with Gasteiger partial charge in [-0.1, -0.05) is 23.7 Å². The molecule has 0 saturated carbocycles. The largest absolute Gasteiger partial charge is 0.494 e. The summed E-state index contributed by atoms with van der Waals surface area (Å²) in [5.41, 5.74) is 2.30. The van der Waals surface area contributed by atoms with Crippen molar-refractivity contribution in [1.29, 1.82) is 0 Å². The van der Waals surface area contributed by atoms with E-state index in [0.717, 1.165) is 27.6 Å². The summed E-state index contributed by atoms with van der Waals surface area (Å²) in [5.74, 6) is 0.450. The summed E-state index contributed by atoms with van der Waals surface area (Å²) in [5, 5.41) is 11.3. The van der Waals surface area contributed by atoms with Crippen LogP contribution in [0.25, 0.3) is 33.3 Å². The van der Waals surface area contributed by atoms with E-state index in [1.807, 2.05) is 42.5 Å². The van der Waals surface area contributed by atoms with Gasteiger partial charge in [0.05, 0.1) is 6.61 Å². The first-order valence-corrected chi connectivity index (χ1v) is 8.91. The van der Waals surface area contributed by atoms with Gasteiger partial charge in [0.15, 0.2) is 5.58 Å². The quantitative estimate of drug-likeness (QED) is 0.443. The molecule has 0 spiro atoms. The second-order valence-electron chi connectivity index (χ2n) is 6.20. The van der Waals surface area contributed by atoms with Crippen LogP contribution < -0.4 is 4.74 Å². The number of rotatable bonds is 6. The molecular weight excluding hydrogens is 366 g/mol. The fraction of sp³-hybridized carbons (Fsp3) is 0.143. The molecule has 0 aliphatic carbocycles. The molecule has 27 heavy (non-hydrogen) atoms. The van der Waals surface area contributed by atoms with Crippen LogP contribution in [0.1, 0.15) is 12.8 Å². The van der Waals surface area contributed by atoms with E-state index in [0.29, 0.717) is 29.5 Å². The number of hydrogen-bond acceptors (Lipinski definition) is 4. The molecule has 1 N–H and O–H groups in total. The molecule has 0 fully saturated rings. The van der Waals surface area contributed by atoms with Crippen LogP contribution in [0.3, 0.4) is 0 Å². The lowest BCUT2D eigenvalue weighted by atomic mass is 10.1. The highest BCUT2D eigenvalue weighted by Crippen LogP contribution is 2.29. The van der Waals surface area contributed by atoms with E-state index >= 15 is 0 Å². The van der Waals surface area contributed by atoms with Crippen molar-refractivity contribution in [3.8, 4) is 17.2 Å². The lowest BCUT2D eigenvalue weighted by molar-refractivity contribution is -0.137. The van der Waals surface area contributed by atoms with Crippen molar-refractivity contribution in [1.82, 2.24) is 4.98 Å². The SMILES string of the molecule is O=C(O)CCCOc1ccc2cc(-c3nc4cc(Cl)ccc4o3)ccc2c1. The van der Waals surface area contributed by atoms with Gasteiger partial charge in [0.1, 0.15) is 11.3 Å². The second-order valence-corrected chi connectivity index (χ2v) is 6.64.